The van der Waals surface area contributed by atoms with Gasteiger partial charge in [-0.2, -0.15) is 0 Å². The zero-order chi connectivity index (χ0) is 14.0. The summed E-state index contributed by atoms with van der Waals surface area (Å²) in [7, 11) is 1.88. The van der Waals surface area contributed by atoms with E-state index in [9.17, 15) is 4.79 Å². The van der Waals surface area contributed by atoms with E-state index in [1.165, 1.54) is 16.9 Å². The summed E-state index contributed by atoms with van der Waals surface area (Å²) in [6.07, 6.45) is 4.40. The summed E-state index contributed by atoms with van der Waals surface area (Å²) in [5.74, 6) is 0.615. The number of thiophene rings is 1. The summed E-state index contributed by atoms with van der Waals surface area (Å²) in [4.78, 5) is 16.4. The van der Waals surface area contributed by atoms with Gasteiger partial charge >= 0.3 is 0 Å². The summed E-state index contributed by atoms with van der Waals surface area (Å²) in [5, 5.41) is 0. The molecule has 114 valence electrons. The molecule has 1 atom stereocenters. The van der Waals surface area contributed by atoms with Crippen LogP contribution in [-0.4, -0.2) is 30.4 Å². The molecule has 0 spiro atoms. The molecule has 3 nitrogen and oxygen atoms in total. The van der Waals surface area contributed by atoms with Gasteiger partial charge in [0.15, 0.2) is 0 Å². The lowest BCUT2D eigenvalue weighted by Crippen LogP contribution is -2.34. The maximum atomic E-state index is 12.3. The lowest BCUT2D eigenvalue weighted by atomic mass is 10.0. The predicted molar refractivity (Wildman–Crippen MR) is 88.0 cm³/mol. The summed E-state index contributed by atoms with van der Waals surface area (Å²) in [6, 6.07) is 2.26. The lowest BCUT2D eigenvalue weighted by molar-refractivity contribution is 0.0794. The molecular formula is C15H25ClN2OS. The first-order valence-corrected chi connectivity index (χ1v) is 7.93. The first-order valence-electron chi connectivity index (χ1n) is 7.11. The average molecular weight is 317 g/mol. The molecule has 2 rings (SSSR count). The minimum Gasteiger partial charge on any atom is -0.341 e. The van der Waals surface area contributed by atoms with Crippen molar-refractivity contribution in [3.05, 3.63) is 21.4 Å². The number of hydrogen-bond acceptors (Lipinski definition) is 3. The monoisotopic (exact) mass is 316 g/mol. The summed E-state index contributed by atoms with van der Waals surface area (Å²) >= 11 is 1.68. The zero-order valence-corrected chi connectivity index (χ0v) is 14.1. The molecule has 0 saturated heterocycles. The molecule has 0 bridgehead atoms. The van der Waals surface area contributed by atoms with Crippen molar-refractivity contribution in [2.75, 3.05) is 13.6 Å². The molecule has 0 aliphatic heterocycles. The summed E-state index contributed by atoms with van der Waals surface area (Å²) in [6.45, 7) is 4.98. The van der Waals surface area contributed by atoms with Gasteiger partial charge in [-0.3, -0.25) is 4.79 Å². The van der Waals surface area contributed by atoms with Gasteiger partial charge in [0.1, 0.15) is 0 Å². The second-order valence-corrected chi connectivity index (χ2v) is 6.97. The van der Waals surface area contributed by atoms with E-state index in [1.54, 1.807) is 11.3 Å². The normalized spacial score (nSPS) is 14.8. The van der Waals surface area contributed by atoms with Crippen molar-refractivity contribution in [1.82, 2.24) is 4.90 Å². The molecule has 2 N–H and O–H groups in total. The molecule has 1 amide bonds. The molecule has 20 heavy (non-hydrogen) atoms. The van der Waals surface area contributed by atoms with Crippen molar-refractivity contribution in [1.29, 1.82) is 0 Å². The fraction of sp³-hybridized carbons (Fsp3) is 0.667. The molecule has 0 radical (unpaired) electrons. The third kappa shape index (κ3) is 3.96. The highest BCUT2D eigenvalue weighted by Gasteiger charge is 2.21. The average Bonchev–Trinajstić information content (AvgIpc) is 2.94. The Balaban J connectivity index is 0.00000200. The molecule has 0 saturated carbocycles. The molecule has 0 fully saturated rings. The van der Waals surface area contributed by atoms with Crippen LogP contribution in [0.1, 0.15) is 46.8 Å². The molecule has 1 aliphatic rings. The van der Waals surface area contributed by atoms with Crippen LogP contribution in [0.2, 0.25) is 0 Å². The van der Waals surface area contributed by atoms with E-state index in [0.717, 1.165) is 30.7 Å². The number of fused-ring (bicyclic) bond motifs is 1. The SMILES string of the molecule is CC(C)C(N)CCN(C)C(=O)c1cc2c(s1)CCC2.Cl. The van der Waals surface area contributed by atoms with Crippen LogP contribution in [0, 0.1) is 5.92 Å². The molecule has 1 heterocycles. The maximum Gasteiger partial charge on any atom is 0.263 e. The Morgan fingerprint density at radius 1 is 1.45 bits per heavy atom. The van der Waals surface area contributed by atoms with Gasteiger partial charge in [-0.25, -0.2) is 0 Å². The van der Waals surface area contributed by atoms with Crippen LogP contribution in [0.5, 0.6) is 0 Å². The molecule has 0 aromatic carbocycles. The number of halogens is 1. The van der Waals surface area contributed by atoms with Crippen molar-refractivity contribution in [2.24, 2.45) is 11.7 Å². The summed E-state index contributed by atoms with van der Waals surface area (Å²) in [5.41, 5.74) is 7.42. The molecular weight excluding hydrogens is 292 g/mol. The Kier molecular flexibility index (Phi) is 6.49. The number of hydrogen-bond donors (Lipinski definition) is 1. The molecule has 1 aromatic rings. The van der Waals surface area contributed by atoms with Crippen LogP contribution in [-0.2, 0) is 12.8 Å². The Labute approximate surface area is 131 Å². The second-order valence-electron chi connectivity index (χ2n) is 5.84. The number of nitrogens with zero attached hydrogens (tertiary/aromatic N) is 1. The van der Waals surface area contributed by atoms with Gasteiger partial charge in [-0.05, 0) is 43.2 Å². The van der Waals surface area contributed by atoms with Gasteiger partial charge < -0.3 is 10.6 Å². The van der Waals surface area contributed by atoms with Crippen LogP contribution in [0.4, 0.5) is 0 Å². The van der Waals surface area contributed by atoms with E-state index in [-0.39, 0.29) is 24.4 Å². The van der Waals surface area contributed by atoms with Crippen molar-refractivity contribution < 1.29 is 4.79 Å². The van der Waals surface area contributed by atoms with Crippen LogP contribution in [0.3, 0.4) is 0 Å². The van der Waals surface area contributed by atoms with E-state index < -0.39 is 0 Å². The Bertz CT molecular complexity index is 437. The van der Waals surface area contributed by atoms with Gasteiger partial charge in [0, 0.05) is 24.5 Å². The van der Waals surface area contributed by atoms with Crippen LogP contribution < -0.4 is 5.73 Å². The fourth-order valence-electron chi connectivity index (χ4n) is 2.40. The number of aryl methyl sites for hydroxylation is 2. The molecule has 5 heteroatoms. The van der Waals surface area contributed by atoms with Gasteiger partial charge in [0.05, 0.1) is 4.88 Å². The van der Waals surface area contributed by atoms with Crippen molar-refractivity contribution in [2.45, 2.75) is 45.6 Å². The number of carbonyl (C=O) groups excluding carboxylic acids is 1. The first kappa shape index (κ1) is 17.5. The fourth-order valence-corrected chi connectivity index (χ4v) is 3.65. The zero-order valence-electron chi connectivity index (χ0n) is 12.5. The number of amides is 1. The summed E-state index contributed by atoms with van der Waals surface area (Å²) < 4.78 is 0. The van der Waals surface area contributed by atoms with Crippen LogP contribution in [0.15, 0.2) is 6.07 Å². The Hall–Kier alpha value is -0.580. The standard InChI is InChI=1S/C15H24N2OS.ClH/c1-10(2)12(16)7-8-17(3)15(18)14-9-11-5-4-6-13(11)19-14;/h9-10,12H,4-8,16H2,1-3H3;1H. The topological polar surface area (TPSA) is 46.3 Å². The number of nitrogens with two attached hydrogens (primary N) is 1. The molecule has 1 aromatic heterocycles. The van der Waals surface area contributed by atoms with E-state index in [1.807, 2.05) is 11.9 Å². The van der Waals surface area contributed by atoms with Gasteiger partial charge in [0.25, 0.3) is 5.91 Å². The smallest absolute Gasteiger partial charge is 0.263 e. The van der Waals surface area contributed by atoms with Crippen molar-refractivity contribution >= 4 is 29.7 Å². The first-order chi connectivity index (χ1) is 8.99. The van der Waals surface area contributed by atoms with E-state index in [0.29, 0.717) is 5.92 Å². The maximum absolute atomic E-state index is 12.3. The Morgan fingerprint density at radius 2 is 2.15 bits per heavy atom. The van der Waals surface area contributed by atoms with E-state index in [4.69, 9.17) is 5.73 Å². The number of rotatable bonds is 5. The highest BCUT2D eigenvalue weighted by atomic mass is 35.5. The van der Waals surface area contributed by atoms with Crippen LogP contribution in [0.25, 0.3) is 0 Å². The van der Waals surface area contributed by atoms with Crippen LogP contribution >= 0.6 is 23.7 Å². The van der Waals surface area contributed by atoms with Gasteiger partial charge in [-0.1, -0.05) is 13.8 Å². The quantitative estimate of drug-likeness (QED) is 0.907. The highest BCUT2D eigenvalue weighted by Crippen LogP contribution is 2.31. The highest BCUT2D eigenvalue weighted by molar-refractivity contribution is 7.14. The largest absolute Gasteiger partial charge is 0.341 e. The lowest BCUT2D eigenvalue weighted by Gasteiger charge is -2.21. The number of carbonyl (C=O) groups is 1. The van der Waals surface area contributed by atoms with Gasteiger partial charge in [0.2, 0.25) is 0 Å². The molecule has 1 unspecified atom stereocenters. The minimum absolute atomic E-state index is 0. The van der Waals surface area contributed by atoms with E-state index in [2.05, 4.69) is 19.9 Å². The third-order valence-corrected chi connectivity index (χ3v) is 5.18. The Morgan fingerprint density at radius 3 is 2.75 bits per heavy atom. The molecule has 1 aliphatic carbocycles. The van der Waals surface area contributed by atoms with E-state index >= 15 is 0 Å². The van der Waals surface area contributed by atoms with Crippen molar-refractivity contribution in [3.8, 4) is 0 Å². The minimum atomic E-state index is 0. The van der Waals surface area contributed by atoms with Crippen molar-refractivity contribution in [3.63, 3.8) is 0 Å². The van der Waals surface area contributed by atoms with Gasteiger partial charge in [-0.15, -0.1) is 23.7 Å². The third-order valence-electron chi connectivity index (χ3n) is 3.96. The predicted octanol–water partition coefficient (Wildman–Crippen LogP) is 3.10. The second kappa shape index (κ2) is 7.43.